The first-order valence-electron chi connectivity index (χ1n) is 12.2. The van der Waals surface area contributed by atoms with Crippen LogP contribution in [0.4, 0.5) is 5.69 Å². The summed E-state index contributed by atoms with van der Waals surface area (Å²) in [5.41, 5.74) is 2.47. The summed E-state index contributed by atoms with van der Waals surface area (Å²) in [6.45, 7) is 1.74. The molecular weight excluding hydrogens is 476 g/mol. The van der Waals surface area contributed by atoms with Crippen molar-refractivity contribution in [3.8, 4) is 34.5 Å². The molecule has 0 aliphatic carbocycles. The zero-order valence-electron chi connectivity index (χ0n) is 20.7. The van der Waals surface area contributed by atoms with E-state index >= 15 is 0 Å². The maximum absolute atomic E-state index is 7.72. The number of anilines is 1. The molecule has 6 rings (SSSR count). The van der Waals surface area contributed by atoms with Gasteiger partial charge in [-0.05, 0) is 31.0 Å². The number of hydrogen-bond donors (Lipinski definition) is 2. The fraction of sp³-hybridized carbons (Fsp3) is 0.333. The van der Waals surface area contributed by atoms with Crippen LogP contribution in [0.5, 0.6) is 23.0 Å². The summed E-state index contributed by atoms with van der Waals surface area (Å²) in [7, 11) is 3.10. The molecule has 0 unspecified atom stereocenters. The highest BCUT2D eigenvalue weighted by atomic mass is 16.7. The number of furan rings is 1. The smallest absolute Gasteiger partial charge is 0.231 e. The number of nitrogens with one attached hydrogen (secondary N) is 2. The summed E-state index contributed by atoms with van der Waals surface area (Å²) in [5.74, 6) is 4.30. The van der Waals surface area contributed by atoms with Gasteiger partial charge in [0.2, 0.25) is 6.79 Å². The van der Waals surface area contributed by atoms with Gasteiger partial charge in [-0.3, -0.25) is 5.41 Å². The maximum atomic E-state index is 7.72. The molecule has 0 amide bonds. The van der Waals surface area contributed by atoms with E-state index in [0.717, 1.165) is 42.0 Å². The Morgan fingerprint density at radius 1 is 1.16 bits per heavy atom. The Balaban J connectivity index is 1.23. The molecule has 2 N–H and O–H groups in total. The molecule has 0 bridgehead atoms. The lowest BCUT2D eigenvalue weighted by atomic mass is 10.2. The Hall–Kier alpha value is -4.34. The molecule has 10 heteroatoms. The lowest BCUT2D eigenvalue weighted by Crippen LogP contribution is -2.34. The number of benzene rings is 2. The molecular formula is C27H28N4O6. The zero-order valence-corrected chi connectivity index (χ0v) is 20.7. The van der Waals surface area contributed by atoms with Crippen molar-refractivity contribution in [2.45, 2.75) is 25.3 Å². The number of H-pyrrole nitrogens is 1. The van der Waals surface area contributed by atoms with Crippen molar-refractivity contribution < 1.29 is 28.1 Å². The molecule has 4 heterocycles. The number of rotatable bonds is 8. The van der Waals surface area contributed by atoms with Gasteiger partial charge in [0.15, 0.2) is 23.2 Å². The third-order valence-electron chi connectivity index (χ3n) is 6.77. The number of nitrogens with zero attached hydrogens (tertiary/aromatic N) is 2. The minimum Gasteiger partial charge on any atom is -0.496 e. The van der Waals surface area contributed by atoms with Gasteiger partial charge in [0.1, 0.15) is 35.2 Å². The number of ether oxygens (including phenoxy) is 5. The minimum absolute atomic E-state index is 0.132. The van der Waals surface area contributed by atoms with Gasteiger partial charge in [-0.25, -0.2) is 4.98 Å². The molecule has 10 nitrogen and oxygen atoms in total. The Bertz CT molecular complexity index is 1440. The van der Waals surface area contributed by atoms with Crippen molar-refractivity contribution in [1.82, 2.24) is 9.97 Å². The van der Waals surface area contributed by atoms with Crippen molar-refractivity contribution in [2.75, 3.05) is 39.1 Å². The van der Waals surface area contributed by atoms with Crippen LogP contribution >= 0.6 is 0 Å². The predicted octanol–water partition coefficient (Wildman–Crippen LogP) is 4.77. The first-order valence-corrected chi connectivity index (χ1v) is 12.2. The summed E-state index contributed by atoms with van der Waals surface area (Å²) in [5, 5.41) is 8.57. The second-order valence-corrected chi connectivity index (χ2v) is 9.03. The lowest BCUT2D eigenvalue weighted by molar-refractivity contribution is 0.174. The van der Waals surface area contributed by atoms with Gasteiger partial charge in [-0.1, -0.05) is 0 Å². The summed E-state index contributed by atoms with van der Waals surface area (Å²) in [6.07, 6.45) is 4.09. The van der Waals surface area contributed by atoms with Crippen LogP contribution in [0.3, 0.4) is 0 Å². The third-order valence-corrected chi connectivity index (χ3v) is 6.77. The first kappa shape index (κ1) is 23.1. The molecule has 192 valence electrons. The average molecular weight is 505 g/mol. The Kier molecular flexibility index (Phi) is 5.99. The van der Waals surface area contributed by atoms with Gasteiger partial charge < -0.3 is 38.0 Å². The van der Waals surface area contributed by atoms with Crippen LogP contribution in [0, 0.1) is 5.41 Å². The maximum Gasteiger partial charge on any atom is 0.231 e. The molecule has 0 radical (unpaired) electrons. The number of hydrogen-bond acceptors (Lipinski definition) is 9. The zero-order chi connectivity index (χ0) is 25.4. The molecule has 37 heavy (non-hydrogen) atoms. The van der Waals surface area contributed by atoms with Crippen molar-refractivity contribution >= 4 is 22.6 Å². The second-order valence-electron chi connectivity index (χ2n) is 9.03. The number of aromatic nitrogens is 2. The van der Waals surface area contributed by atoms with Crippen LogP contribution in [0.1, 0.15) is 18.7 Å². The van der Waals surface area contributed by atoms with E-state index in [1.54, 1.807) is 13.3 Å². The van der Waals surface area contributed by atoms with Crippen molar-refractivity contribution in [2.24, 2.45) is 0 Å². The van der Waals surface area contributed by atoms with E-state index in [0.29, 0.717) is 41.0 Å². The fourth-order valence-electron chi connectivity index (χ4n) is 4.85. The summed E-state index contributed by atoms with van der Waals surface area (Å²) in [6, 6.07) is 12.0. The normalized spacial score (nSPS) is 16.4. The van der Waals surface area contributed by atoms with Crippen LogP contribution in [0.2, 0.25) is 0 Å². The van der Waals surface area contributed by atoms with E-state index in [-0.39, 0.29) is 25.2 Å². The molecule has 2 aromatic carbocycles. The fourth-order valence-corrected chi connectivity index (χ4v) is 4.85. The number of aromatic amines is 1. The largest absolute Gasteiger partial charge is 0.496 e. The second kappa shape index (κ2) is 9.61. The van der Waals surface area contributed by atoms with Crippen LogP contribution in [0.25, 0.3) is 22.4 Å². The van der Waals surface area contributed by atoms with Crippen molar-refractivity contribution in [1.29, 1.82) is 5.41 Å². The highest BCUT2D eigenvalue weighted by molar-refractivity contribution is 5.89. The molecule has 1 atom stereocenters. The Morgan fingerprint density at radius 3 is 2.92 bits per heavy atom. The molecule has 0 spiro atoms. The van der Waals surface area contributed by atoms with Crippen LogP contribution in [-0.2, 0) is 11.2 Å². The number of methoxy groups -OCH3 is 2. The molecule has 4 aromatic rings. The van der Waals surface area contributed by atoms with Gasteiger partial charge in [0, 0.05) is 30.4 Å². The monoisotopic (exact) mass is 504 g/mol. The van der Waals surface area contributed by atoms with E-state index in [9.17, 15) is 0 Å². The van der Waals surface area contributed by atoms with Gasteiger partial charge in [-0.2, -0.15) is 0 Å². The van der Waals surface area contributed by atoms with Crippen LogP contribution < -0.4 is 23.8 Å². The lowest BCUT2D eigenvalue weighted by Gasteiger charge is -2.27. The van der Waals surface area contributed by atoms with Gasteiger partial charge in [0.05, 0.1) is 38.3 Å². The molecule has 2 aromatic heterocycles. The molecule has 0 saturated carbocycles. The Morgan fingerprint density at radius 2 is 2.05 bits per heavy atom. The SMILES string of the molecule is COC(=N)Cc1ncc(-c2cc3c(OC[C@@H]4CCCN4c4ccc5c(c4)OCO5)cc(OC)cc3o2)[nH]1. The highest BCUT2D eigenvalue weighted by Crippen LogP contribution is 2.39. The minimum atomic E-state index is 0.132. The molecule has 1 saturated heterocycles. The van der Waals surface area contributed by atoms with Gasteiger partial charge in [-0.15, -0.1) is 0 Å². The van der Waals surface area contributed by atoms with Crippen molar-refractivity contribution in [3.63, 3.8) is 0 Å². The Labute approximate surface area is 213 Å². The topological polar surface area (TPSA) is 115 Å². The standard InChI is InChI=1S/C27H28N4O6/c1-32-18-9-22(19-11-24(37-23(19)10-18)20-13-29-27(30-20)12-26(28)33-2)34-14-17-4-3-7-31(17)16-5-6-21-25(8-16)36-15-35-21/h5-6,8-11,13,17,28H,3-4,7,12,14-15H2,1-2H3,(H,29,30)/t17-/m0/s1. The molecule has 2 aliphatic heterocycles. The van der Waals surface area contributed by atoms with E-state index < -0.39 is 0 Å². The first-order chi connectivity index (χ1) is 18.1. The summed E-state index contributed by atoms with van der Waals surface area (Å²) >= 11 is 0. The summed E-state index contributed by atoms with van der Waals surface area (Å²) in [4.78, 5) is 9.90. The van der Waals surface area contributed by atoms with Gasteiger partial charge in [0.25, 0.3) is 0 Å². The quantitative estimate of drug-likeness (QED) is 0.260. The van der Waals surface area contributed by atoms with E-state index in [4.69, 9.17) is 33.5 Å². The highest BCUT2D eigenvalue weighted by Gasteiger charge is 2.27. The third kappa shape index (κ3) is 4.50. The number of fused-ring (bicyclic) bond motifs is 2. The van der Waals surface area contributed by atoms with E-state index in [2.05, 4.69) is 20.9 Å². The number of imidazole rings is 1. The van der Waals surface area contributed by atoms with Crippen LogP contribution in [0.15, 0.2) is 47.0 Å². The van der Waals surface area contributed by atoms with Gasteiger partial charge >= 0.3 is 0 Å². The average Bonchev–Trinajstić information content (AvgIpc) is 3.72. The van der Waals surface area contributed by atoms with E-state index in [1.165, 1.54) is 7.11 Å². The molecule has 1 fully saturated rings. The van der Waals surface area contributed by atoms with Crippen LogP contribution in [-0.4, -0.2) is 56.1 Å². The molecule has 2 aliphatic rings. The predicted molar refractivity (Wildman–Crippen MR) is 137 cm³/mol. The van der Waals surface area contributed by atoms with Crippen molar-refractivity contribution in [3.05, 3.63) is 48.4 Å². The van der Waals surface area contributed by atoms with E-state index in [1.807, 2.05) is 30.3 Å². The summed E-state index contributed by atoms with van der Waals surface area (Å²) < 4.78 is 34.0.